The molecule has 2 aromatic rings. The first-order valence-electron chi connectivity index (χ1n) is 11.1. The highest BCUT2D eigenvalue weighted by atomic mass is 32.2. The molecule has 0 bridgehead atoms. The molecule has 0 radical (unpaired) electrons. The molecule has 8 nitrogen and oxygen atoms in total. The number of rotatable bonds is 12. The minimum absolute atomic E-state index is 0.185. The maximum absolute atomic E-state index is 12.2. The summed E-state index contributed by atoms with van der Waals surface area (Å²) in [6.45, 7) is 2.57. The third kappa shape index (κ3) is 5.90. The summed E-state index contributed by atoms with van der Waals surface area (Å²) in [7, 11) is 0.782. The predicted octanol–water partition coefficient (Wildman–Crippen LogP) is 2.89. The lowest BCUT2D eigenvalue weighted by Gasteiger charge is -2.13. The zero-order valence-corrected chi connectivity index (χ0v) is 20.1. The van der Waals surface area contributed by atoms with Gasteiger partial charge < -0.3 is 14.0 Å². The molecule has 1 aromatic carbocycles. The van der Waals surface area contributed by atoms with Gasteiger partial charge in [0.2, 0.25) is 0 Å². The molecule has 1 aromatic heterocycles. The van der Waals surface area contributed by atoms with Crippen molar-refractivity contribution in [3.8, 4) is 5.75 Å². The van der Waals surface area contributed by atoms with Gasteiger partial charge in [-0.05, 0) is 43.4 Å². The van der Waals surface area contributed by atoms with Crippen molar-refractivity contribution >= 4 is 39.5 Å². The Hall–Kier alpha value is -2.94. The van der Waals surface area contributed by atoms with E-state index in [1.54, 1.807) is 6.26 Å². The van der Waals surface area contributed by atoms with Gasteiger partial charge in [0.15, 0.2) is 6.61 Å². The molecular formula is C24H30N2O6S. The van der Waals surface area contributed by atoms with Crippen molar-refractivity contribution in [1.29, 1.82) is 0 Å². The van der Waals surface area contributed by atoms with Gasteiger partial charge in [-0.25, -0.2) is 4.79 Å². The third-order valence-electron chi connectivity index (χ3n) is 5.64. The predicted molar refractivity (Wildman–Crippen MR) is 125 cm³/mol. The van der Waals surface area contributed by atoms with E-state index in [2.05, 4.69) is 0 Å². The van der Waals surface area contributed by atoms with Crippen LogP contribution < -0.4 is 4.74 Å². The van der Waals surface area contributed by atoms with E-state index in [1.807, 2.05) is 36.7 Å². The van der Waals surface area contributed by atoms with E-state index in [0.29, 0.717) is 25.3 Å². The van der Waals surface area contributed by atoms with E-state index in [1.165, 1.54) is 17.1 Å². The van der Waals surface area contributed by atoms with E-state index >= 15 is 0 Å². The second-order valence-electron chi connectivity index (χ2n) is 7.91. The van der Waals surface area contributed by atoms with Crippen LogP contribution >= 0.6 is 0 Å². The molecule has 33 heavy (non-hydrogen) atoms. The molecule has 1 atom stereocenters. The van der Waals surface area contributed by atoms with Gasteiger partial charge in [0.25, 0.3) is 11.8 Å². The van der Waals surface area contributed by atoms with Gasteiger partial charge in [-0.1, -0.05) is 13.3 Å². The van der Waals surface area contributed by atoms with Gasteiger partial charge in [0.1, 0.15) is 10.8 Å². The maximum Gasteiger partial charge on any atom is 0.344 e. The molecule has 0 saturated carbocycles. The summed E-state index contributed by atoms with van der Waals surface area (Å²) in [6, 6.07) is 5.59. The van der Waals surface area contributed by atoms with Crippen LogP contribution in [0.25, 0.3) is 10.9 Å². The second kappa shape index (κ2) is 11.3. The Labute approximate surface area is 196 Å². The van der Waals surface area contributed by atoms with Crippen LogP contribution in [0.15, 0.2) is 35.4 Å². The van der Waals surface area contributed by atoms with E-state index in [4.69, 9.17) is 9.47 Å². The molecule has 3 rings (SSSR count). The molecule has 1 aliphatic heterocycles. The number of carbonyl (C=O) groups is 3. The fraction of sp³-hybridized carbons (Fsp3) is 0.458. The summed E-state index contributed by atoms with van der Waals surface area (Å²) in [5, 5.41) is 1.84. The van der Waals surface area contributed by atoms with Crippen molar-refractivity contribution in [2.24, 2.45) is 7.05 Å². The minimum Gasteiger partial charge on any atom is -0.482 e. The van der Waals surface area contributed by atoms with Gasteiger partial charge in [0, 0.05) is 43.5 Å². The number of hydrogen-bond donors (Lipinski definition) is 0. The normalized spacial score (nSPS) is 14.3. The number of amides is 2. The first kappa shape index (κ1) is 24.7. The smallest absolute Gasteiger partial charge is 0.344 e. The van der Waals surface area contributed by atoms with E-state index < -0.39 is 16.8 Å². The summed E-state index contributed by atoms with van der Waals surface area (Å²) >= 11 is 0. The molecule has 2 heterocycles. The Morgan fingerprint density at radius 1 is 1.06 bits per heavy atom. The zero-order valence-electron chi connectivity index (χ0n) is 19.3. The molecule has 0 spiro atoms. The molecule has 0 fully saturated rings. The highest BCUT2D eigenvalue weighted by Gasteiger charge is 2.22. The maximum atomic E-state index is 12.2. The van der Waals surface area contributed by atoms with Crippen molar-refractivity contribution in [2.75, 3.05) is 26.0 Å². The van der Waals surface area contributed by atoms with Gasteiger partial charge in [-0.2, -0.15) is 0 Å². The van der Waals surface area contributed by atoms with Crippen molar-refractivity contribution in [1.82, 2.24) is 9.47 Å². The molecule has 9 heteroatoms. The van der Waals surface area contributed by atoms with Crippen LogP contribution in [-0.2, 0) is 43.4 Å². The number of unbranched alkanes of at least 4 members (excludes halogenated alkanes) is 3. The summed E-state index contributed by atoms with van der Waals surface area (Å²) in [5.74, 6) is -0.402. The first-order chi connectivity index (χ1) is 15.8. The van der Waals surface area contributed by atoms with Gasteiger partial charge >= 0.3 is 5.97 Å². The lowest BCUT2D eigenvalue weighted by molar-refractivity contribution is -0.146. The molecule has 178 valence electrons. The van der Waals surface area contributed by atoms with Gasteiger partial charge in [-0.15, -0.1) is 0 Å². The number of ether oxygens (including phenoxy) is 2. The monoisotopic (exact) mass is 474 g/mol. The van der Waals surface area contributed by atoms with E-state index in [0.717, 1.165) is 47.2 Å². The highest BCUT2D eigenvalue weighted by molar-refractivity contribution is 7.84. The number of imide groups is 1. The lowest BCUT2D eigenvalue weighted by Crippen LogP contribution is -2.30. The molecule has 0 N–H and O–H groups in total. The van der Waals surface area contributed by atoms with Crippen molar-refractivity contribution in [2.45, 2.75) is 44.1 Å². The molecule has 0 aliphatic carbocycles. The number of fused-ring (bicyclic) bond motifs is 1. The Balaban J connectivity index is 1.38. The molecular weight excluding hydrogens is 444 g/mol. The Bertz CT molecular complexity index is 1090. The van der Waals surface area contributed by atoms with Crippen LogP contribution in [0, 0.1) is 0 Å². The molecule has 2 amide bonds. The number of aromatic nitrogens is 1. The van der Waals surface area contributed by atoms with Crippen LogP contribution in [0.1, 0.15) is 38.2 Å². The second-order valence-corrected chi connectivity index (χ2v) is 9.21. The fourth-order valence-corrected chi connectivity index (χ4v) is 5.10. The summed E-state index contributed by atoms with van der Waals surface area (Å²) in [5.41, 5.74) is 1.98. The van der Waals surface area contributed by atoms with Gasteiger partial charge in [0.05, 0.1) is 22.9 Å². The summed E-state index contributed by atoms with van der Waals surface area (Å²) in [6.07, 6.45) is 8.14. The summed E-state index contributed by atoms with van der Waals surface area (Å²) in [4.78, 5) is 36.2. The zero-order chi connectivity index (χ0) is 24.0. The lowest BCUT2D eigenvalue weighted by atomic mass is 10.1. The quantitative estimate of drug-likeness (QED) is 0.267. The SMILES string of the molecule is CCc1c([S@@](C)=O)n(C)c2cc(OCC(=O)OCCCCCCN3C(=O)C=CC3=O)ccc12. The molecule has 0 unspecified atom stereocenters. The van der Waals surface area contributed by atoms with Crippen molar-refractivity contribution in [3.63, 3.8) is 0 Å². The minimum atomic E-state index is -1.10. The summed E-state index contributed by atoms with van der Waals surface area (Å²) < 4.78 is 24.9. The largest absolute Gasteiger partial charge is 0.482 e. The van der Waals surface area contributed by atoms with Crippen LogP contribution in [-0.4, -0.2) is 57.5 Å². The average molecular weight is 475 g/mol. The van der Waals surface area contributed by atoms with Crippen LogP contribution in [0.4, 0.5) is 0 Å². The Morgan fingerprint density at radius 3 is 2.42 bits per heavy atom. The number of aryl methyl sites for hydroxylation is 2. The van der Waals surface area contributed by atoms with Crippen molar-refractivity contribution < 1.29 is 28.1 Å². The number of hydrogen-bond acceptors (Lipinski definition) is 6. The van der Waals surface area contributed by atoms with Crippen LogP contribution in [0.2, 0.25) is 0 Å². The number of benzene rings is 1. The van der Waals surface area contributed by atoms with Gasteiger partial charge in [-0.3, -0.25) is 18.7 Å². The number of esters is 1. The topological polar surface area (TPSA) is 94.9 Å². The van der Waals surface area contributed by atoms with Crippen molar-refractivity contribution in [3.05, 3.63) is 35.9 Å². The Kier molecular flexibility index (Phi) is 8.43. The standard InChI is InChI=1S/C24H30N2O6S/c1-4-18-19-10-9-17(15-20(19)25(2)24(18)33(3)30)32-16-23(29)31-14-8-6-5-7-13-26-21(27)11-12-22(26)28/h9-12,15H,4-8,13-14,16H2,1-3H3/t33-/m1/s1. The molecule has 0 saturated heterocycles. The van der Waals surface area contributed by atoms with E-state index in [-0.39, 0.29) is 18.4 Å². The fourth-order valence-electron chi connectivity index (χ4n) is 4.02. The molecule has 1 aliphatic rings. The number of carbonyl (C=O) groups excluding carboxylic acids is 3. The third-order valence-corrected chi connectivity index (χ3v) is 6.71. The van der Waals surface area contributed by atoms with Crippen LogP contribution in [0.3, 0.4) is 0 Å². The first-order valence-corrected chi connectivity index (χ1v) is 12.7. The Morgan fingerprint density at radius 2 is 1.76 bits per heavy atom. The van der Waals surface area contributed by atoms with E-state index in [9.17, 15) is 18.6 Å². The highest BCUT2D eigenvalue weighted by Crippen LogP contribution is 2.30. The van der Waals surface area contributed by atoms with Crippen LogP contribution in [0.5, 0.6) is 5.75 Å². The average Bonchev–Trinajstić information content (AvgIpc) is 3.27. The number of nitrogens with zero attached hydrogens (tertiary/aromatic N) is 2.